The van der Waals surface area contributed by atoms with Gasteiger partial charge in [0.2, 0.25) is 0 Å². The first-order valence-electron chi connectivity index (χ1n) is 8.89. The van der Waals surface area contributed by atoms with Crippen molar-refractivity contribution < 1.29 is 18.3 Å². The minimum atomic E-state index is -0.593. The number of nitrogens with one attached hydrogen (secondary N) is 2. The molecule has 0 unspecified atom stereocenters. The van der Waals surface area contributed by atoms with Crippen LogP contribution in [-0.4, -0.2) is 18.2 Å². The standard InChI is InChI=1S/C20H21ClF2N2O2/c21-13-4-6-14(7-5-13)24-20(26)25-15-8-10-16(11-9-15)27-12-17-18(22)2-1-3-19(17)23/h1-7,15-16H,8-12H2,(H2,24,25,26). The van der Waals surface area contributed by atoms with Crippen molar-refractivity contribution in [2.24, 2.45) is 0 Å². The third-order valence-electron chi connectivity index (χ3n) is 4.64. The van der Waals surface area contributed by atoms with E-state index < -0.39 is 11.6 Å². The van der Waals surface area contributed by atoms with Crippen LogP contribution in [0.4, 0.5) is 19.3 Å². The highest BCUT2D eigenvalue weighted by Gasteiger charge is 2.23. The van der Waals surface area contributed by atoms with Crippen LogP contribution in [0.5, 0.6) is 0 Å². The number of carbonyl (C=O) groups is 1. The first-order chi connectivity index (χ1) is 13.0. The van der Waals surface area contributed by atoms with E-state index in [2.05, 4.69) is 10.6 Å². The molecule has 2 aromatic carbocycles. The summed E-state index contributed by atoms with van der Waals surface area (Å²) in [6.07, 6.45) is 2.88. The van der Waals surface area contributed by atoms with Gasteiger partial charge in [0, 0.05) is 22.3 Å². The predicted octanol–water partition coefficient (Wildman–Crippen LogP) is 5.27. The lowest BCUT2D eigenvalue weighted by Gasteiger charge is -2.29. The van der Waals surface area contributed by atoms with Crippen LogP contribution < -0.4 is 10.6 Å². The fraction of sp³-hybridized carbons (Fsp3) is 0.350. The number of urea groups is 1. The van der Waals surface area contributed by atoms with Crippen molar-refractivity contribution in [1.82, 2.24) is 5.32 Å². The van der Waals surface area contributed by atoms with E-state index in [-0.39, 0.29) is 30.3 Å². The van der Waals surface area contributed by atoms with E-state index in [1.54, 1.807) is 24.3 Å². The van der Waals surface area contributed by atoms with Crippen LogP contribution in [0.3, 0.4) is 0 Å². The lowest BCUT2D eigenvalue weighted by molar-refractivity contribution is 0.00964. The molecule has 1 saturated carbocycles. The van der Waals surface area contributed by atoms with Crippen molar-refractivity contribution in [1.29, 1.82) is 0 Å². The van der Waals surface area contributed by atoms with Gasteiger partial charge in [0.15, 0.2) is 0 Å². The normalized spacial score (nSPS) is 19.5. The first-order valence-corrected chi connectivity index (χ1v) is 9.26. The molecule has 27 heavy (non-hydrogen) atoms. The Bertz CT molecular complexity index is 758. The molecule has 3 rings (SSSR count). The van der Waals surface area contributed by atoms with Gasteiger partial charge in [0.05, 0.1) is 12.7 Å². The highest BCUT2D eigenvalue weighted by molar-refractivity contribution is 6.30. The molecule has 0 spiro atoms. The zero-order valence-corrected chi connectivity index (χ0v) is 15.4. The minimum Gasteiger partial charge on any atom is -0.373 e. The number of rotatable bonds is 5. The molecule has 144 valence electrons. The number of hydrogen-bond acceptors (Lipinski definition) is 2. The van der Waals surface area contributed by atoms with Gasteiger partial charge in [-0.1, -0.05) is 17.7 Å². The Kier molecular flexibility index (Phi) is 6.63. The summed E-state index contributed by atoms with van der Waals surface area (Å²) < 4.78 is 32.9. The second-order valence-corrected chi connectivity index (χ2v) is 7.03. The average molecular weight is 395 g/mol. The fourth-order valence-corrected chi connectivity index (χ4v) is 3.26. The summed E-state index contributed by atoms with van der Waals surface area (Å²) in [5.74, 6) is -1.19. The van der Waals surface area contributed by atoms with Crippen LogP contribution in [0.2, 0.25) is 5.02 Å². The van der Waals surface area contributed by atoms with E-state index in [4.69, 9.17) is 16.3 Å². The molecule has 0 saturated heterocycles. The van der Waals surface area contributed by atoms with E-state index in [0.29, 0.717) is 10.7 Å². The number of carbonyl (C=O) groups excluding carboxylic acids is 1. The molecule has 7 heteroatoms. The molecule has 0 radical (unpaired) electrons. The summed E-state index contributed by atoms with van der Waals surface area (Å²) in [5.41, 5.74) is 0.626. The van der Waals surface area contributed by atoms with Gasteiger partial charge in [-0.2, -0.15) is 0 Å². The molecule has 1 aliphatic rings. The summed E-state index contributed by atoms with van der Waals surface area (Å²) >= 11 is 5.82. The molecule has 0 atom stereocenters. The maximum Gasteiger partial charge on any atom is 0.319 e. The molecule has 2 amide bonds. The lowest BCUT2D eigenvalue weighted by atomic mass is 9.93. The Morgan fingerprint density at radius 1 is 1.04 bits per heavy atom. The van der Waals surface area contributed by atoms with Crippen LogP contribution in [0, 0.1) is 11.6 Å². The van der Waals surface area contributed by atoms with Crippen molar-refractivity contribution in [3.05, 3.63) is 64.7 Å². The van der Waals surface area contributed by atoms with Crippen LogP contribution in [0.1, 0.15) is 31.2 Å². The maximum absolute atomic E-state index is 13.6. The molecule has 2 N–H and O–H groups in total. The second-order valence-electron chi connectivity index (χ2n) is 6.59. The molecule has 0 aliphatic heterocycles. The summed E-state index contributed by atoms with van der Waals surface area (Å²) in [6, 6.07) is 10.4. The van der Waals surface area contributed by atoms with Crippen molar-refractivity contribution in [3.63, 3.8) is 0 Å². The first kappa shape index (κ1) is 19.6. The van der Waals surface area contributed by atoms with Gasteiger partial charge in [0.1, 0.15) is 11.6 Å². The zero-order chi connectivity index (χ0) is 19.2. The van der Waals surface area contributed by atoms with Gasteiger partial charge in [-0.15, -0.1) is 0 Å². The minimum absolute atomic E-state index is 0.0416. The van der Waals surface area contributed by atoms with Gasteiger partial charge in [-0.05, 0) is 62.1 Å². The van der Waals surface area contributed by atoms with Crippen molar-refractivity contribution >= 4 is 23.3 Å². The number of halogens is 3. The van der Waals surface area contributed by atoms with Crippen LogP contribution in [0.15, 0.2) is 42.5 Å². The lowest BCUT2D eigenvalue weighted by Crippen LogP contribution is -2.41. The largest absolute Gasteiger partial charge is 0.373 e. The molecular weight excluding hydrogens is 374 g/mol. The third-order valence-corrected chi connectivity index (χ3v) is 4.89. The van der Waals surface area contributed by atoms with E-state index in [1.165, 1.54) is 18.2 Å². The van der Waals surface area contributed by atoms with E-state index >= 15 is 0 Å². The van der Waals surface area contributed by atoms with Crippen molar-refractivity contribution in [2.75, 3.05) is 5.32 Å². The highest BCUT2D eigenvalue weighted by atomic mass is 35.5. The Balaban J connectivity index is 1.41. The molecule has 1 fully saturated rings. The maximum atomic E-state index is 13.6. The van der Waals surface area contributed by atoms with Gasteiger partial charge in [-0.25, -0.2) is 13.6 Å². The molecule has 0 bridgehead atoms. The number of benzene rings is 2. The van der Waals surface area contributed by atoms with Crippen molar-refractivity contribution in [3.8, 4) is 0 Å². The summed E-state index contributed by atoms with van der Waals surface area (Å²) in [5, 5.41) is 6.31. The second kappa shape index (κ2) is 9.15. The Labute approximate surface area is 161 Å². The summed E-state index contributed by atoms with van der Waals surface area (Å²) in [4.78, 5) is 12.1. The Hall–Kier alpha value is -2.18. The number of amides is 2. The monoisotopic (exact) mass is 394 g/mol. The van der Waals surface area contributed by atoms with E-state index in [0.717, 1.165) is 25.7 Å². The van der Waals surface area contributed by atoms with E-state index in [1.807, 2.05) is 0 Å². The zero-order valence-electron chi connectivity index (χ0n) is 14.7. The quantitative estimate of drug-likeness (QED) is 0.726. The summed E-state index contributed by atoms with van der Waals surface area (Å²) in [6.45, 7) is -0.0850. The fourth-order valence-electron chi connectivity index (χ4n) is 3.13. The predicted molar refractivity (Wildman–Crippen MR) is 101 cm³/mol. The molecule has 0 aromatic heterocycles. The Morgan fingerprint density at radius 2 is 1.67 bits per heavy atom. The average Bonchev–Trinajstić information content (AvgIpc) is 2.64. The molecular formula is C20H21ClF2N2O2. The van der Waals surface area contributed by atoms with Crippen LogP contribution in [-0.2, 0) is 11.3 Å². The molecule has 4 nitrogen and oxygen atoms in total. The molecule has 0 heterocycles. The van der Waals surface area contributed by atoms with Gasteiger partial charge >= 0.3 is 6.03 Å². The Morgan fingerprint density at radius 3 is 2.30 bits per heavy atom. The topological polar surface area (TPSA) is 50.4 Å². The smallest absolute Gasteiger partial charge is 0.319 e. The third kappa shape index (κ3) is 5.65. The van der Waals surface area contributed by atoms with Crippen LogP contribution in [0.25, 0.3) is 0 Å². The molecule has 2 aromatic rings. The highest BCUT2D eigenvalue weighted by Crippen LogP contribution is 2.24. The van der Waals surface area contributed by atoms with Gasteiger partial charge in [-0.3, -0.25) is 0 Å². The number of anilines is 1. The van der Waals surface area contributed by atoms with Crippen molar-refractivity contribution in [2.45, 2.75) is 44.4 Å². The van der Waals surface area contributed by atoms with Gasteiger partial charge in [0.25, 0.3) is 0 Å². The SMILES string of the molecule is O=C(Nc1ccc(Cl)cc1)NC1CCC(OCc2c(F)cccc2F)CC1. The van der Waals surface area contributed by atoms with Gasteiger partial charge < -0.3 is 15.4 Å². The molecule has 1 aliphatic carbocycles. The number of ether oxygens (including phenoxy) is 1. The number of hydrogen-bond donors (Lipinski definition) is 2. The summed E-state index contributed by atoms with van der Waals surface area (Å²) in [7, 11) is 0. The van der Waals surface area contributed by atoms with E-state index in [9.17, 15) is 13.6 Å². The van der Waals surface area contributed by atoms with Crippen LogP contribution >= 0.6 is 11.6 Å².